The molecule has 3 N–H and O–H groups in total. The van der Waals surface area contributed by atoms with E-state index in [9.17, 15) is 19.8 Å². The average molecular weight is 533 g/mol. The summed E-state index contributed by atoms with van der Waals surface area (Å²) < 4.78 is 55.7. The standard InChI is InChI=1S/C27H27F3N2O6/c1-2-37-24(35)18(13-31-26(15-33)8-9-26)23(34)17-12-19(28)20(22(30)21(17)29)27(10-11-27)32-25(36)38-14-16-6-4-3-5-7-16/h3-7,12-13,33-34H,2,8-11,14-15H2,1H3,(H,32,36)/b23-18+,31-13?. The number of benzene rings is 2. The first kappa shape index (κ1) is 27.2. The summed E-state index contributed by atoms with van der Waals surface area (Å²) in [6.07, 6.45) is 1.30. The molecule has 2 aromatic rings. The lowest BCUT2D eigenvalue weighted by Crippen LogP contribution is -2.37. The topological polar surface area (TPSA) is 117 Å². The Balaban J connectivity index is 1.62. The highest BCUT2D eigenvalue weighted by molar-refractivity contribution is 6.15. The van der Waals surface area contributed by atoms with Crippen LogP contribution in [0.4, 0.5) is 18.0 Å². The third-order valence-corrected chi connectivity index (χ3v) is 6.54. The van der Waals surface area contributed by atoms with Crippen molar-refractivity contribution in [3.8, 4) is 0 Å². The molecule has 2 saturated carbocycles. The van der Waals surface area contributed by atoms with Crippen LogP contribution < -0.4 is 5.32 Å². The first-order valence-corrected chi connectivity index (χ1v) is 12.1. The van der Waals surface area contributed by atoms with Crippen LogP contribution in [0.5, 0.6) is 0 Å². The molecular formula is C27H27F3N2O6. The number of aliphatic hydroxyl groups is 2. The minimum Gasteiger partial charge on any atom is -0.506 e. The molecular weight excluding hydrogens is 505 g/mol. The molecule has 4 rings (SSSR count). The van der Waals surface area contributed by atoms with Crippen LogP contribution in [0.15, 0.2) is 47.0 Å². The smallest absolute Gasteiger partial charge is 0.408 e. The van der Waals surface area contributed by atoms with Gasteiger partial charge in [-0.1, -0.05) is 30.3 Å². The van der Waals surface area contributed by atoms with Crippen LogP contribution in [-0.2, 0) is 26.4 Å². The summed E-state index contributed by atoms with van der Waals surface area (Å²) >= 11 is 0. The highest BCUT2D eigenvalue weighted by Gasteiger charge is 2.51. The molecule has 0 saturated heterocycles. The molecule has 11 heteroatoms. The molecule has 0 spiro atoms. The highest BCUT2D eigenvalue weighted by atomic mass is 19.2. The maximum Gasteiger partial charge on any atom is 0.408 e. The lowest BCUT2D eigenvalue weighted by Gasteiger charge is -2.20. The summed E-state index contributed by atoms with van der Waals surface area (Å²) in [5.74, 6) is -6.65. The molecule has 0 aliphatic heterocycles. The van der Waals surface area contributed by atoms with Gasteiger partial charge in [0.1, 0.15) is 23.8 Å². The summed E-state index contributed by atoms with van der Waals surface area (Å²) in [5.41, 5.74) is -3.90. The predicted molar refractivity (Wildman–Crippen MR) is 131 cm³/mol. The molecule has 202 valence electrons. The molecule has 2 aliphatic carbocycles. The Hall–Kier alpha value is -3.86. The van der Waals surface area contributed by atoms with Crippen molar-refractivity contribution in [2.24, 2.45) is 4.99 Å². The van der Waals surface area contributed by atoms with Gasteiger partial charge in [-0.2, -0.15) is 0 Å². The van der Waals surface area contributed by atoms with Crippen molar-refractivity contribution in [3.05, 3.63) is 76.1 Å². The lowest BCUT2D eigenvalue weighted by atomic mass is 9.98. The van der Waals surface area contributed by atoms with Gasteiger partial charge in [0.25, 0.3) is 0 Å². The molecule has 1 amide bonds. The van der Waals surface area contributed by atoms with Crippen molar-refractivity contribution in [2.45, 2.75) is 50.3 Å². The zero-order valence-electron chi connectivity index (χ0n) is 20.6. The Morgan fingerprint density at radius 1 is 1.08 bits per heavy atom. The maximum absolute atomic E-state index is 15.2. The number of aliphatic imine (C=N–C) groups is 1. The second-order valence-corrected chi connectivity index (χ2v) is 9.30. The molecule has 0 aromatic heterocycles. The molecule has 0 unspecified atom stereocenters. The highest BCUT2D eigenvalue weighted by Crippen LogP contribution is 2.48. The molecule has 2 aliphatic rings. The summed E-state index contributed by atoms with van der Waals surface area (Å²) in [4.78, 5) is 28.8. The van der Waals surface area contributed by atoms with Crippen molar-refractivity contribution < 1.29 is 42.4 Å². The Bertz CT molecular complexity index is 1290. The van der Waals surface area contributed by atoms with Crippen molar-refractivity contribution in [2.75, 3.05) is 13.2 Å². The van der Waals surface area contributed by atoms with Crippen LogP contribution in [0.1, 0.15) is 49.3 Å². The molecule has 0 bridgehead atoms. The summed E-state index contributed by atoms with van der Waals surface area (Å²) in [6, 6.07) is 9.32. The van der Waals surface area contributed by atoms with Gasteiger partial charge in [-0.3, -0.25) is 4.99 Å². The number of alkyl carbamates (subject to hydrolysis) is 1. The van der Waals surface area contributed by atoms with Crippen LogP contribution in [0, 0.1) is 17.5 Å². The normalized spacial score (nSPS) is 17.5. The minimum absolute atomic E-state index is 0.0740. The summed E-state index contributed by atoms with van der Waals surface area (Å²) in [7, 11) is 0. The van der Waals surface area contributed by atoms with Gasteiger partial charge in [0.05, 0.1) is 35.4 Å². The number of ether oxygens (including phenoxy) is 2. The Labute approximate surface area is 216 Å². The van der Waals surface area contributed by atoms with Gasteiger partial charge in [-0.25, -0.2) is 22.8 Å². The average Bonchev–Trinajstić information content (AvgIpc) is 3.83. The summed E-state index contributed by atoms with van der Waals surface area (Å²) in [6.45, 7) is 1.03. The SMILES string of the molecule is CCOC(=O)/C(C=NC1(CO)CC1)=C(/O)c1cc(F)c(C2(NC(=O)OCc3ccccc3)CC2)c(F)c1F. The number of carbonyl (C=O) groups excluding carboxylic acids is 2. The molecule has 0 heterocycles. The van der Waals surface area contributed by atoms with E-state index in [4.69, 9.17) is 9.47 Å². The van der Waals surface area contributed by atoms with Crippen molar-refractivity contribution in [1.82, 2.24) is 5.32 Å². The van der Waals surface area contributed by atoms with E-state index in [1.165, 1.54) is 6.92 Å². The van der Waals surface area contributed by atoms with Gasteiger partial charge < -0.3 is 25.0 Å². The molecule has 38 heavy (non-hydrogen) atoms. The minimum atomic E-state index is -1.62. The molecule has 0 atom stereocenters. The number of nitrogens with one attached hydrogen (secondary N) is 1. The van der Waals surface area contributed by atoms with Crippen LogP contribution in [0.3, 0.4) is 0 Å². The fourth-order valence-electron chi connectivity index (χ4n) is 3.96. The first-order chi connectivity index (χ1) is 18.1. The number of carbonyl (C=O) groups is 2. The van der Waals surface area contributed by atoms with E-state index in [0.717, 1.165) is 6.21 Å². The van der Waals surface area contributed by atoms with E-state index in [0.29, 0.717) is 24.5 Å². The van der Waals surface area contributed by atoms with Crippen molar-refractivity contribution in [3.63, 3.8) is 0 Å². The summed E-state index contributed by atoms with van der Waals surface area (Å²) in [5, 5.41) is 22.6. The van der Waals surface area contributed by atoms with Gasteiger partial charge in [-0.15, -0.1) is 0 Å². The van der Waals surface area contributed by atoms with Crippen molar-refractivity contribution >= 4 is 24.0 Å². The van der Waals surface area contributed by atoms with E-state index in [1.54, 1.807) is 30.3 Å². The number of nitrogens with zero attached hydrogens (tertiary/aromatic N) is 1. The second kappa shape index (κ2) is 10.9. The lowest BCUT2D eigenvalue weighted by molar-refractivity contribution is -0.137. The zero-order valence-corrected chi connectivity index (χ0v) is 20.6. The first-order valence-electron chi connectivity index (χ1n) is 12.1. The number of amides is 1. The molecule has 8 nitrogen and oxygen atoms in total. The van der Waals surface area contributed by atoms with E-state index in [1.807, 2.05) is 0 Å². The van der Waals surface area contributed by atoms with Crippen LogP contribution in [-0.4, -0.2) is 47.2 Å². The third-order valence-electron chi connectivity index (χ3n) is 6.54. The number of hydrogen-bond donors (Lipinski definition) is 3. The Morgan fingerprint density at radius 2 is 1.76 bits per heavy atom. The molecule has 0 radical (unpaired) electrons. The van der Waals surface area contributed by atoms with Crippen LogP contribution >= 0.6 is 0 Å². The number of hydrogen-bond acceptors (Lipinski definition) is 7. The molecule has 2 aromatic carbocycles. The second-order valence-electron chi connectivity index (χ2n) is 9.30. The quantitative estimate of drug-likeness (QED) is 0.137. The Morgan fingerprint density at radius 3 is 2.34 bits per heavy atom. The number of aliphatic hydroxyl groups excluding tert-OH is 2. The van der Waals surface area contributed by atoms with E-state index in [-0.39, 0.29) is 32.7 Å². The zero-order chi connectivity index (χ0) is 27.5. The largest absolute Gasteiger partial charge is 0.506 e. The van der Waals surface area contributed by atoms with E-state index < -0.39 is 63.1 Å². The van der Waals surface area contributed by atoms with Gasteiger partial charge in [0.2, 0.25) is 0 Å². The monoisotopic (exact) mass is 532 g/mol. The Kier molecular flexibility index (Phi) is 7.77. The van der Waals surface area contributed by atoms with Crippen molar-refractivity contribution in [1.29, 1.82) is 0 Å². The van der Waals surface area contributed by atoms with Crippen LogP contribution in [0.25, 0.3) is 5.76 Å². The van der Waals surface area contributed by atoms with E-state index >= 15 is 13.2 Å². The van der Waals surface area contributed by atoms with Gasteiger partial charge >= 0.3 is 12.1 Å². The van der Waals surface area contributed by atoms with Gasteiger partial charge in [-0.05, 0) is 44.2 Å². The van der Waals surface area contributed by atoms with E-state index in [2.05, 4.69) is 10.3 Å². The fourth-order valence-corrected chi connectivity index (χ4v) is 3.96. The fraction of sp³-hybridized carbons (Fsp3) is 0.370. The van der Waals surface area contributed by atoms with Crippen LogP contribution in [0.2, 0.25) is 0 Å². The molecule has 2 fully saturated rings. The van der Waals surface area contributed by atoms with Gasteiger partial charge in [0.15, 0.2) is 11.6 Å². The van der Waals surface area contributed by atoms with Gasteiger partial charge in [0, 0.05) is 6.21 Å². The third kappa shape index (κ3) is 5.67. The number of rotatable bonds is 10. The maximum atomic E-state index is 15.2. The predicted octanol–water partition coefficient (Wildman–Crippen LogP) is 4.45. The number of halogens is 3. The number of esters is 1.